The topological polar surface area (TPSA) is 144 Å². The van der Waals surface area contributed by atoms with Crippen LogP contribution in [0.1, 0.15) is 0 Å². The SMILES string of the molecule is NS(=O)(=O)c1ccc(NC(=O)Nc2ccc([N+](=O)[O-])cc2F)cc1. The number of nitrogens with two attached hydrogens (primary N) is 1. The number of hydrogen-bond acceptors (Lipinski definition) is 5. The van der Waals surface area contributed by atoms with Gasteiger partial charge in [0.25, 0.3) is 5.69 Å². The number of urea groups is 1. The second-order valence-electron chi connectivity index (χ2n) is 4.57. The molecule has 4 N–H and O–H groups in total. The minimum absolute atomic E-state index is 0.130. The van der Waals surface area contributed by atoms with E-state index in [4.69, 9.17) is 5.14 Å². The molecule has 126 valence electrons. The number of nitrogens with one attached hydrogen (secondary N) is 2. The first-order valence-corrected chi connectivity index (χ1v) is 7.86. The van der Waals surface area contributed by atoms with Gasteiger partial charge in [0.2, 0.25) is 10.0 Å². The van der Waals surface area contributed by atoms with Gasteiger partial charge in [-0.15, -0.1) is 0 Å². The average molecular weight is 354 g/mol. The second-order valence-corrected chi connectivity index (χ2v) is 6.13. The van der Waals surface area contributed by atoms with E-state index >= 15 is 0 Å². The molecule has 2 aromatic carbocycles. The van der Waals surface area contributed by atoms with Crippen molar-refractivity contribution >= 4 is 33.1 Å². The molecular formula is C13H11FN4O5S. The summed E-state index contributed by atoms with van der Waals surface area (Å²) in [5.74, 6) is -0.969. The zero-order valence-electron chi connectivity index (χ0n) is 11.9. The molecule has 0 unspecified atom stereocenters. The number of nitro groups is 1. The van der Waals surface area contributed by atoms with Gasteiger partial charge in [-0.05, 0) is 30.3 Å². The van der Waals surface area contributed by atoms with Gasteiger partial charge in [-0.3, -0.25) is 10.1 Å². The first-order chi connectivity index (χ1) is 11.2. The Morgan fingerprint density at radius 3 is 2.25 bits per heavy atom. The number of benzene rings is 2. The molecule has 2 rings (SSSR count). The molecular weight excluding hydrogens is 343 g/mol. The molecule has 0 aromatic heterocycles. The first kappa shape index (κ1) is 17.3. The van der Waals surface area contributed by atoms with Gasteiger partial charge in [-0.2, -0.15) is 0 Å². The third-order valence-electron chi connectivity index (χ3n) is 2.85. The Bertz CT molecular complexity index is 899. The van der Waals surface area contributed by atoms with Crippen LogP contribution in [0, 0.1) is 15.9 Å². The number of nitrogens with zero attached hydrogens (tertiary/aromatic N) is 1. The number of primary sulfonamides is 1. The fraction of sp³-hybridized carbons (Fsp3) is 0. The molecule has 0 spiro atoms. The van der Waals surface area contributed by atoms with Gasteiger partial charge in [-0.1, -0.05) is 0 Å². The maximum Gasteiger partial charge on any atom is 0.323 e. The Balaban J connectivity index is 2.07. The van der Waals surface area contributed by atoms with Crippen molar-refractivity contribution in [3.05, 3.63) is 58.4 Å². The van der Waals surface area contributed by atoms with Crippen molar-refractivity contribution in [3.8, 4) is 0 Å². The van der Waals surface area contributed by atoms with E-state index in [1.54, 1.807) is 0 Å². The molecule has 0 heterocycles. The van der Waals surface area contributed by atoms with E-state index in [2.05, 4.69) is 10.6 Å². The first-order valence-electron chi connectivity index (χ1n) is 6.31. The van der Waals surface area contributed by atoms with Crippen molar-refractivity contribution in [2.45, 2.75) is 4.90 Å². The minimum Gasteiger partial charge on any atom is -0.308 e. The highest BCUT2D eigenvalue weighted by Crippen LogP contribution is 2.21. The van der Waals surface area contributed by atoms with E-state index in [0.717, 1.165) is 12.1 Å². The standard InChI is InChI=1S/C13H11FN4O5S/c14-11-7-9(18(20)21)3-6-12(11)17-13(19)16-8-1-4-10(5-2-8)24(15,22)23/h1-7H,(H2,15,22,23)(H2,16,17,19). The zero-order chi connectivity index (χ0) is 17.9. The molecule has 0 bridgehead atoms. The summed E-state index contributed by atoms with van der Waals surface area (Å²) in [5, 5.41) is 20.0. The van der Waals surface area contributed by atoms with Gasteiger partial charge in [0.15, 0.2) is 5.82 Å². The van der Waals surface area contributed by atoms with Crippen LogP contribution in [0.3, 0.4) is 0 Å². The summed E-state index contributed by atoms with van der Waals surface area (Å²) in [4.78, 5) is 21.4. The number of rotatable bonds is 4. The minimum atomic E-state index is -3.85. The highest BCUT2D eigenvalue weighted by atomic mass is 32.2. The third-order valence-corrected chi connectivity index (χ3v) is 3.78. The van der Waals surface area contributed by atoms with Crippen LogP contribution < -0.4 is 15.8 Å². The molecule has 0 aliphatic heterocycles. The second kappa shape index (κ2) is 6.60. The summed E-state index contributed by atoms with van der Waals surface area (Å²) >= 11 is 0. The summed E-state index contributed by atoms with van der Waals surface area (Å²) < 4.78 is 35.9. The zero-order valence-corrected chi connectivity index (χ0v) is 12.7. The molecule has 2 amide bonds. The number of anilines is 2. The third kappa shape index (κ3) is 4.24. The summed E-state index contributed by atoms with van der Waals surface area (Å²) in [6.45, 7) is 0. The van der Waals surface area contributed by atoms with Crippen molar-refractivity contribution < 1.29 is 22.5 Å². The fourth-order valence-corrected chi connectivity index (χ4v) is 2.25. The Morgan fingerprint density at radius 2 is 1.75 bits per heavy atom. The number of amides is 2. The molecule has 9 nitrogen and oxygen atoms in total. The lowest BCUT2D eigenvalue weighted by Crippen LogP contribution is -2.20. The predicted molar refractivity (Wildman–Crippen MR) is 83.5 cm³/mol. The van der Waals surface area contributed by atoms with Crippen LogP contribution in [0.4, 0.5) is 26.2 Å². The molecule has 0 radical (unpaired) electrons. The molecule has 0 aliphatic carbocycles. The summed E-state index contributed by atoms with van der Waals surface area (Å²) in [6.07, 6.45) is 0. The Labute approximate surface area is 135 Å². The highest BCUT2D eigenvalue weighted by molar-refractivity contribution is 7.89. The summed E-state index contributed by atoms with van der Waals surface area (Å²) in [7, 11) is -3.85. The molecule has 2 aromatic rings. The van der Waals surface area contributed by atoms with Gasteiger partial charge in [0, 0.05) is 11.8 Å². The van der Waals surface area contributed by atoms with E-state index < -0.39 is 32.5 Å². The van der Waals surface area contributed by atoms with Crippen LogP contribution in [-0.2, 0) is 10.0 Å². The van der Waals surface area contributed by atoms with Crippen molar-refractivity contribution in [1.82, 2.24) is 0 Å². The number of carbonyl (C=O) groups excluding carboxylic acids is 1. The van der Waals surface area contributed by atoms with Crippen molar-refractivity contribution in [2.24, 2.45) is 5.14 Å². The fourth-order valence-electron chi connectivity index (χ4n) is 1.73. The lowest BCUT2D eigenvalue weighted by molar-refractivity contribution is -0.385. The number of carbonyl (C=O) groups is 1. The van der Waals surface area contributed by atoms with Crippen molar-refractivity contribution in [2.75, 3.05) is 10.6 Å². The maximum absolute atomic E-state index is 13.7. The quantitative estimate of drug-likeness (QED) is 0.568. The van der Waals surface area contributed by atoms with Crippen LogP contribution >= 0.6 is 0 Å². The Morgan fingerprint density at radius 1 is 1.12 bits per heavy atom. The lowest BCUT2D eigenvalue weighted by atomic mass is 10.2. The van der Waals surface area contributed by atoms with E-state index in [1.807, 2.05) is 0 Å². The summed E-state index contributed by atoms with van der Waals surface area (Å²) in [5.41, 5.74) is -0.460. The van der Waals surface area contributed by atoms with Crippen LogP contribution in [0.15, 0.2) is 47.4 Å². The van der Waals surface area contributed by atoms with E-state index in [-0.39, 0.29) is 16.3 Å². The van der Waals surface area contributed by atoms with Crippen LogP contribution in [0.25, 0.3) is 0 Å². The molecule has 0 aliphatic rings. The van der Waals surface area contributed by atoms with Crippen molar-refractivity contribution in [3.63, 3.8) is 0 Å². The number of hydrogen-bond donors (Lipinski definition) is 3. The smallest absolute Gasteiger partial charge is 0.308 e. The van der Waals surface area contributed by atoms with Gasteiger partial charge in [-0.25, -0.2) is 22.7 Å². The molecule has 0 saturated heterocycles. The normalized spacial score (nSPS) is 10.9. The number of non-ortho nitro benzene ring substituents is 1. The maximum atomic E-state index is 13.7. The van der Waals surface area contributed by atoms with Crippen LogP contribution in [-0.4, -0.2) is 19.4 Å². The molecule has 11 heteroatoms. The van der Waals surface area contributed by atoms with E-state index in [1.165, 1.54) is 24.3 Å². The van der Waals surface area contributed by atoms with E-state index in [9.17, 15) is 27.7 Å². The monoisotopic (exact) mass is 354 g/mol. The van der Waals surface area contributed by atoms with Gasteiger partial charge >= 0.3 is 6.03 Å². The van der Waals surface area contributed by atoms with Gasteiger partial charge in [0.1, 0.15) is 0 Å². The van der Waals surface area contributed by atoms with Gasteiger partial charge < -0.3 is 10.6 Å². The summed E-state index contributed by atoms with van der Waals surface area (Å²) in [6, 6.07) is 6.94. The largest absolute Gasteiger partial charge is 0.323 e. The molecule has 0 fully saturated rings. The van der Waals surface area contributed by atoms with Crippen LogP contribution in [0.2, 0.25) is 0 Å². The van der Waals surface area contributed by atoms with E-state index in [0.29, 0.717) is 6.07 Å². The highest BCUT2D eigenvalue weighted by Gasteiger charge is 2.13. The molecule has 0 atom stereocenters. The number of halogens is 1. The Hall–Kier alpha value is -3.05. The van der Waals surface area contributed by atoms with Gasteiger partial charge in [0.05, 0.1) is 21.6 Å². The number of sulfonamides is 1. The Kier molecular flexibility index (Phi) is 4.76. The average Bonchev–Trinajstić information content (AvgIpc) is 2.48. The van der Waals surface area contributed by atoms with Crippen molar-refractivity contribution in [1.29, 1.82) is 0 Å². The van der Waals surface area contributed by atoms with Crippen LogP contribution in [0.5, 0.6) is 0 Å². The predicted octanol–water partition coefficient (Wildman–Crippen LogP) is 2.03. The number of nitro benzene ring substituents is 1. The molecule has 24 heavy (non-hydrogen) atoms. The molecule has 0 saturated carbocycles. The lowest BCUT2D eigenvalue weighted by Gasteiger charge is -2.08.